The number of benzene rings is 1. The summed E-state index contributed by atoms with van der Waals surface area (Å²) in [5.74, 6) is -0.723. The molecule has 1 rings (SSSR count). The molecule has 0 amide bonds. The number of carbonyl (C=O) groups excluding carboxylic acids is 1. The number of carbonyl (C=O) groups is 1. The SMILES string of the molecule is CC(=O)OS(=O)Nc1ccccc1O. The van der Waals surface area contributed by atoms with Gasteiger partial charge in [0.25, 0.3) is 0 Å². The fourth-order valence-electron chi connectivity index (χ4n) is 0.777. The Morgan fingerprint density at radius 3 is 2.71 bits per heavy atom. The predicted molar refractivity (Wildman–Crippen MR) is 51.6 cm³/mol. The van der Waals surface area contributed by atoms with Crippen LogP contribution in [-0.2, 0) is 20.2 Å². The predicted octanol–water partition coefficient (Wildman–Crippen LogP) is 0.946. The normalized spacial score (nSPS) is 11.8. The van der Waals surface area contributed by atoms with E-state index in [9.17, 15) is 14.1 Å². The molecule has 0 aliphatic rings. The Balaban J connectivity index is 2.65. The van der Waals surface area contributed by atoms with Gasteiger partial charge in [-0.1, -0.05) is 12.1 Å². The zero-order valence-electron chi connectivity index (χ0n) is 7.39. The number of anilines is 1. The summed E-state index contributed by atoms with van der Waals surface area (Å²) in [5.41, 5.74) is 0.243. The van der Waals surface area contributed by atoms with E-state index in [-0.39, 0.29) is 11.4 Å². The van der Waals surface area contributed by atoms with Gasteiger partial charge >= 0.3 is 17.2 Å². The van der Waals surface area contributed by atoms with Crippen LogP contribution < -0.4 is 4.72 Å². The van der Waals surface area contributed by atoms with E-state index in [1.807, 2.05) is 0 Å². The Labute approximate surface area is 83.5 Å². The molecule has 1 aromatic rings. The maximum atomic E-state index is 11.0. The maximum Gasteiger partial charge on any atom is 0.318 e. The molecule has 14 heavy (non-hydrogen) atoms. The molecule has 0 aliphatic heterocycles. The van der Waals surface area contributed by atoms with Crippen molar-refractivity contribution in [2.45, 2.75) is 6.92 Å². The van der Waals surface area contributed by atoms with Gasteiger partial charge in [-0.15, -0.1) is 0 Å². The number of nitrogens with one attached hydrogen (secondary N) is 1. The summed E-state index contributed by atoms with van der Waals surface area (Å²) >= 11 is -1.97. The van der Waals surface area contributed by atoms with Crippen molar-refractivity contribution in [3.05, 3.63) is 24.3 Å². The fraction of sp³-hybridized carbons (Fsp3) is 0.125. The van der Waals surface area contributed by atoms with Gasteiger partial charge in [0.15, 0.2) is 0 Å². The van der Waals surface area contributed by atoms with Gasteiger partial charge < -0.3 is 9.29 Å². The van der Waals surface area contributed by atoms with Crippen LogP contribution in [-0.4, -0.2) is 15.3 Å². The average molecular weight is 215 g/mol. The molecule has 0 spiro atoms. The van der Waals surface area contributed by atoms with Gasteiger partial charge in [0.05, 0.1) is 5.69 Å². The van der Waals surface area contributed by atoms with Gasteiger partial charge in [-0.3, -0.25) is 9.52 Å². The van der Waals surface area contributed by atoms with E-state index in [1.54, 1.807) is 12.1 Å². The Morgan fingerprint density at radius 1 is 1.50 bits per heavy atom. The number of para-hydroxylation sites is 2. The third-order valence-corrected chi connectivity index (χ3v) is 2.06. The molecule has 0 radical (unpaired) electrons. The van der Waals surface area contributed by atoms with E-state index in [0.717, 1.165) is 6.92 Å². The van der Waals surface area contributed by atoms with E-state index in [0.29, 0.717) is 0 Å². The minimum atomic E-state index is -1.97. The largest absolute Gasteiger partial charge is 0.506 e. The second kappa shape index (κ2) is 4.61. The first-order chi connectivity index (χ1) is 6.59. The van der Waals surface area contributed by atoms with E-state index in [4.69, 9.17) is 0 Å². The van der Waals surface area contributed by atoms with Crippen LogP contribution in [0.1, 0.15) is 6.92 Å². The van der Waals surface area contributed by atoms with Crippen molar-refractivity contribution in [3.63, 3.8) is 0 Å². The number of hydrogen-bond acceptors (Lipinski definition) is 4. The molecule has 1 aromatic carbocycles. The molecular weight excluding hydrogens is 206 g/mol. The fourth-order valence-corrected chi connectivity index (χ4v) is 1.38. The molecule has 0 fully saturated rings. The summed E-state index contributed by atoms with van der Waals surface area (Å²) in [4.78, 5) is 10.4. The summed E-state index contributed by atoms with van der Waals surface area (Å²) in [6, 6.07) is 6.20. The monoisotopic (exact) mass is 215 g/mol. The first-order valence-electron chi connectivity index (χ1n) is 3.75. The smallest absolute Gasteiger partial charge is 0.318 e. The highest BCUT2D eigenvalue weighted by Gasteiger charge is 2.06. The summed E-state index contributed by atoms with van der Waals surface area (Å²) in [6.07, 6.45) is 0. The second-order valence-corrected chi connectivity index (χ2v) is 3.27. The standard InChI is InChI=1S/C8H9NO4S/c1-6(10)13-14(12)9-7-4-2-3-5-8(7)11/h2-5,9,11H,1H3. The summed E-state index contributed by atoms with van der Waals surface area (Å²) < 4.78 is 17.7. The van der Waals surface area contributed by atoms with E-state index in [2.05, 4.69) is 8.91 Å². The highest BCUT2D eigenvalue weighted by Crippen LogP contribution is 2.21. The van der Waals surface area contributed by atoms with Crippen LogP contribution in [0.3, 0.4) is 0 Å². The van der Waals surface area contributed by atoms with Crippen molar-refractivity contribution in [3.8, 4) is 5.75 Å². The van der Waals surface area contributed by atoms with Gasteiger partial charge in [0.2, 0.25) is 0 Å². The van der Waals surface area contributed by atoms with Crippen molar-refractivity contribution in [2.75, 3.05) is 4.72 Å². The molecule has 0 saturated carbocycles. The van der Waals surface area contributed by atoms with Gasteiger partial charge in [-0.25, -0.2) is 0 Å². The second-order valence-electron chi connectivity index (χ2n) is 2.43. The molecule has 0 saturated heterocycles. The van der Waals surface area contributed by atoms with Gasteiger partial charge in [-0.05, 0) is 12.1 Å². The lowest BCUT2D eigenvalue weighted by Gasteiger charge is -2.05. The Morgan fingerprint density at radius 2 is 2.14 bits per heavy atom. The summed E-state index contributed by atoms with van der Waals surface area (Å²) in [5, 5.41) is 9.26. The lowest BCUT2D eigenvalue weighted by atomic mass is 10.3. The molecule has 5 nitrogen and oxygen atoms in total. The molecule has 0 aliphatic carbocycles. The first kappa shape index (κ1) is 10.5. The van der Waals surface area contributed by atoms with Crippen molar-refractivity contribution >= 4 is 22.9 Å². The van der Waals surface area contributed by atoms with Gasteiger partial charge in [-0.2, -0.15) is 4.21 Å². The lowest BCUT2D eigenvalue weighted by Crippen LogP contribution is -2.11. The molecule has 1 unspecified atom stereocenters. The van der Waals surface area contributed by atoms with Gasteiger partial charge in [0.1, 0.15) is 5.75 Å². The van der Waals surface area contributed by atoms with Crippen molar-refractivity contribution in [1.82, 2.24) is 0 Å². The highest BCUT2D eigenvalue weighted by molar-refractivity contribution is 7.82. The minimum Gasteiger partial charge on any atom is -0.506 e. The zero-order chi connectivity index (χ0) is 10.6. The van der Waals surface area contributed by atoms with Crippen molar-refractivity contribution in [2.24, 2.45) is 0 Å². The average Bonchev–Trinajstić information content (AvgIpc) is 2.07. The van der Waals surface area contributed by atoms with E-state index in [1.165, 1.54) is 12.1 Å². The Hall–Kier alpha value is -1.56. The van der Waals surface area contributed by atoms with E-state index >= 15 is 0 Å². The van der Waals surface area contributed by atoms with E-state index < -0.39 is 17.2 Å². The topological polar surface area (TPSA) is 75.6 Å². The molecule has 0 aromatic heterocycles. The Bertz CT molecular complexity index is 366. The Kier molecular flexibility index (Phi) is 3.47. The number of phenols is 1. The number of rotatable bonds is 3. The number of hydrogen-bond donors (Lipinski definition) is 2. The van der Waals surface area contributed by atoms with Crippen molar-refractivity contribution < 1.29 is 18.3 Å². The molecule has 6 heteroatoms. The first-order valence-corrected chi connectivity index (χ1v) is 4.82. The lowest BCUT2D eigenvalue weighted by molar-refractivity contribution is -0.130. The summed E-state index contributed by atoms with van der Waals surface area (Å²) in [7, 11) is 0. The molecule has 76 valence electrons. The number of aromatic hydroxyl groups is 1. The quantitative estimate of drug-likeness (QED) is 0.736. The van der Waals surface area contributed by atoms with Gasteiger partial charge in [0, 0.05) is 6.92 Å². The van der Waals surface area contributed by atoms with Crippen LogP contribution in [0.4, 0.5) is 5.69 Å². The highest BCUT2D eigenvalue weighted by atomic mass is 32.2. The maximum absolute atomic E-state index is 11.0. The molecule has 1 atom stereocenters. The van der Waals surface area contributed by atoms with Crippen LogP contribution in [0.5, 0.6) is 5.75 Å². The van der Waals surface area contributed by atoms with Crippen LogP contribution in [0.25, 0.3) is 0 Å². The summed E-state index contributed by atoms with van der Waals surface area (Å²) in [6.45, 7) is 1.14. The van der Waals surface area contributed by atoms with Crippen LogP contribution in [0.15, 0.2) is 24.3 Å². The molecule has 0 heterocycles. The molecule has 0 bridgehead atoms. The number of phenolic OH excluding ortho intramolecular Hbond substituents is 1. The van der Waals surface area contributed by atoms with Crippen LogP contribution >= 0.6 is 0 Å². The third kappa shape index (κ3) is 3.06. The minimum absolute atomic E-state index is 0.0620. The molecular formula is C8H9NO4S. The third-order valence-electron chi connectivity index (χ3n) is 1.29. The molecule has 2 N–H and O–H groups in total. The zero-order valence-corrected chi connectivity index (χ0v) is 8.21. The van der Waals surface area contributed by atoms with Crippen LogP contribution in [0.2, 0.25) is 0 Å². The van der Waals surface area contributed by atoms with Crippen LogP contribution in [0, 0.1) is 0 Å². The van der Waals surface area contributed by atoms with Crippen molar-refractivity contribution in [1.29, 1.82) is 0 Å².